The molecule has 4 rings (SSSR count). The minimum Gasteiger partial charge on any atom is -0.441 e. The molecule has 0 aliphatic heterocycles. The van der Waals surface area contributed by atoms with Crippen molar-refractivity contribution in [2.45, 2.75) is 56.2 Å². The van der Waals surface area contributed by atoms with E-state index in [1.807, 2.05) is 49.4 Å². The molecule has 1 fully saturated rings. The smallest absolute Gasteiger partial charge is 0.251 e. The van der Waals surface area contributed by atoms with E-state index in [-0.39, 0.29) is 11.9 Å². The second-order valence-corrected chi connectivity index (χ2v) is 9.09. The van der Waals surface area contributed by atoms with E-state index in [9.17, 15) is 4.79 Å². The van der Waals surface area contributed by atoms with Crippen LogP contribution >= 0.6 is 11.8 Å². The number of thioether (sulfide) groups is 1. The zero-order chi connectivity index (χ0) is 20.9. The molecule has 0 saturated heterocycles. The predicted molar refractivity (Wildman–Crippen MR) is 122 cm³/mol. The van der Waals surface area contributed by atoms with Crippen LogP contribution in [0.3, 0.4) is 0 Å². The number of aryl methyl sites for hydroxylation is 1. The van der Waals surface area contributed by atoms with Crippen LogP contribution in [0.25, 0.3) is 11.5 Å². The molecule has 1 N–H and O–H groups in total. The van der Waals surface area contributed by atoms with Gasteiger partial charge in [-0.25, -0.2) is 4.98 Å². The number of carbonyl (C=O) groups is 1. The van der Waals surface area contributed by atoms with Gasteiger partial charge in [0, 0.05) is 27.8 Å². The van der Waals surface area contributed by atoms with Crippen LogP contribution in [0.4, 0.5) is 0 Å². The Morgan fingerprint density at radius 1 is 1.10 bits per heavy atom. The minimum atomic E-state index is 0.00355. The van der Waals surface area contributed by atoms with Gasteiger partial charge in [0.05, 0.1) is 5.69 Å². The molecule has 1 amide bonds. The van der Waals surface area contributed by atoms with Crippen molar-refractivity contribution in [2.75, 3.05) is 0 Å². The predicted octanol–water partition coefficient (Wildman–Crippen LogP) is 6.25. The molecule has 0 radical (unpaired) electrons. The van der Waals surface area contributed by atoms with Crippen molar-refractivity contribution in [3.05, 3.63) is 71.6 Å². The maximum atomic E-state index is 12.6. The van der Waals surface area contributed by atoms with Gasteiger partial charge in [0.2, 0.25) is 5.89 Å². The Morgan fingerprint density at radius 3 is 2.57 bits per heavy atom. The van der Waals surface area contributed by atoms with Gasteiger partial charge >= 0.3 is 0 Å². The van der Waals surface area contributed by atoms with Gasteiger partial charge in [0.15, 0.2) is 0 Å². The Morgan fingerprint density at radius 2 is 1.83 bits per heavy atom. The Labute approximate surface area is 182 Å². The number of carbonyl (C=O) groups excluding carboxylic acids is 1. The summed E-state index contributed by atoms with van der Waals surface area (Å²) in [4.78, 5) is 18.5. The lowest BCUT2D eigenvalue weighted by Crippen LogP contribution is -2.41. The summed E-state index contributed by atoms with van der Waals surface area (Å²) in [6.45, 7) is 4.18. The fourth-order valence-corrected chi connectivity index (χ4v) is 4.82. The molecule has 1 heterocycles. The van der Waals surface area contributed by atoms with E-state index in [1.165, 1.54) is 24.2 Å². The fourth-order valence-electron chi connectivity index (χ4n) is 3.90. The molecule has 3 aromatic rings. The lowest BCUT2D eigenvalue weighted by atomic mass is 9.86. The number of nitrogens with one attached hydrogen (secondary N) is 1. The largest absolute Gasteiger partial charge is 0.441 e. The summed E-state index contributed by atoms with van der Waals surface area (Å²) in [5.74, 6) is 2.75. The monoisotopic (exact) mass is 420 g/mol. The van der Waals surface area contributed by atoms with Crippen molar-refractivity contribution in [1.82, 2.24) is 10.3 Å². The number of aromatic nitrogens is 1. The van der Waals surface area contributed by atoms with Crippen molar-refractivity contribution >= 4 is 17.7 Å². The average Bonchev–Trinajstić information content (AvgIpc) is 3.15. The highest BCUT2D eigenvalue weighted by Crippen LogP contribution is 2.28. The maximum Gasteiger partial charge on any atom is 0.251 e. The molecule has 1 aliphatic rings. The van der Waals surface area contributed by atoms with E-state index < -0.39 is 0 Å². The number of rotatable bonds is 6. The number of hydrogen-bond donors (Lipinski definition) is 1. The van der Waals surface area contributed by atoms with Crippen LogP contribution in [0.1, 0.15) is 54.4 Å². The summed E-state index contributed by atoms with van der Waals surface area (Å²) in [6, 6.07) is 18.1. The van der Waals surface area contributed by atoms with Crippen molar-refractivity contribution in [3.8, 4) is 11.5 Å². The molecular weight excluding hydrogens is 392 g/mol. The molecule has 1 aromatic heterocycles. The Kier molecular flexibility index (Phi) is 6.58. The minimum absolute atomic E-state index is 0.00355. The number of amides is 1. The maximum absolute atomic E-state index is 12.6. The van der Waals surface area contributed by atoms with Crippen molar-refractivity contribution in [2.24, 2.45) is 5.92 Å². The Hall–Kier alpha value is -2.53. The molecule has 0 bridgehead atoms. The van der Waals surface area contributed by atoms with Crippen LogP contribution in [0.15, 0.2) is 63.9 Å². The van der Waals surface area contributed by atoms with Crippen LogP contribution < -0.4 is 5.32 Å². The van der Waals surface area contributed by atoms with Crippen molar-refractivity contribution in [3.63, 3.8) is 0 Å². The molecule has 5 heteroatoms. The quantitative estimate of drug-likeness (QED) is 0.479. The van der Waals surface area contributed by atoms with Gasteiger partial charge in [-0.05, 0) is 62.1 Å². The van der Waals surface area contributed by atoms with E-state index in [0.29, 0.717) is 17.4 Å². The van der Waals surface area contributed by atoms with Gasteiger partial charge < -0.3 is 9.73 Å². The molecule has 2 atom stereocenters. The summed E-state index contributed by atoms with van der Waals surface area (Å²) < 4.78 is 5.90. The normalized spacial score (nSPS) is 18.9. The third kappa shape index (κ3) is 4.96. The SMILES string of the molecule is Cc1oc(-c2ccc(C(=O)N[C@H]3CCCC[C@H]3C)cc2)nc1CSc1ccccc1. The van der Waals surface area contributed by atoms with Gasteiger partial charge in [-0.2, -0.15) is 0 Å². The van der Waals surface area contributed by atoms with Crippen LogP contribution in [-0.4, -0.2) is 16.9 Å². The number of hydrogen-bond acceptors (Lipinski definition) is 4. The highest BCUT2D eigenvalue weighted by molar-refractivity contribution is 7.98. The van der Waals surface area contributed by atoms with E-state index in [1.54, 1.807) is 11.8 Å². The zero-order valence-corrected chi connectivity index (χ0v) is 18.4. The molecule has 1 aliphatic carbocycles. The van der Waals surface area contributed by atoms with Gasteiger partial charge in [-0.3, -0.25) is 4.79 Å². The van der Waals surface area contributed by atoms with E-state index >= 15 is 0 Å². The summed E-state index contributed by atoms with van der Waals surface area (Å²) in [7, 11) is 0. The molecular formula is C25H28N2O2S. The average molecular weight is 421 g/mol. The highest BCUT2D eigenvalue weighted by Gasteiger charge is 2.23. The lowest BCUT2D eigenvalue weighted by Gasteiger charge is -2.29. The number of oxazole rings is 1. The second kappa shape index (κ2) is 9.52. The first-order valence-corrected chi connectivity index (χ1v) is 11.6. The fraction of sp³-hybridized carbons (Fsp3) is 0.360. The van der Waals surface area contributed by atoms with E-state index in [0.717, 1.165) is 29.2 Å². The van der Waals surface area contributed by atoms with Gasteiger partial charge in [-0.15, -0.1) is 11.8 Å². The highest BCUT2D eigenvalue weighted by atomic mass is 32.2. The van der Waals surface area contributed by atoms with Gasteiger partial charge in [0.25, 0.3) is 5.91 Å². The van der Waals surface area contributed by atoms with Crippen molar-refractivity contribution < 1.29 is 9.21 Å². The first-order chi connectivity index (χ1) is 14.6. The summed E-state index contributed by atoms with van der Waals surface area (Å²) in [6.07, 6.45) is 4.73. The molecule has 4 nitrogen and oxygen atoms in total. The summed E-state index contributed by atoms with van der Waals surface area (Å²) >= 11 is 1.74. The third-order valence-electron chi connectivity index (χ3n) is 5.83. The Bertz CT molecular complexity index is 982. The lowest BCUT2D eigenvalue weighted by molar-refractivity contribution is 0.0910. The number of nitrogens with zero attached hydrogens (tertiary/aromatic N) is 1. The van der Waals surface area contributed by atoms with Crippen LogP contribution in [0, 0.1) is 12.8 Å². The van der Waals surface area contributed by atoms with E-state index in [4.69, 9.17) is 4.42 Å². The molecule has 1 saturated carbocycles. The first-order valence-electron chi connectivity index (χ1n) is 10.7. The van der Waals surface area contributed by atoms with Crippen molar-refractivity contribution in [1.29, 1.82) is 0 Å². The zero-order valence-electron chi connectivity index (χ0n) is 17.6. The molecule has 2 aromatic carbocycles. The first kappa shape index (κ1) is 20.7. The standard InChI is InChI=1S/C25H28N2O2S/c1-17-8-6-7-11-22(17)26-24(28)19-12-14-20(15-13-19)25-27-23(18(2)29-25)16-30-21-9-4-3-5-10-21/h3-5,9-10,12-15,17,22H,6-8,11,16H2,1-2H3,(H,26,28)/t17-,22+/m1/s1. The Balaban J connectivity index is 1.40. The topological polar surface area (TPSA) is 55.1 Å². The second-order valence-electron chi connectivity index (χ2n) is 8.04. The summed E-state index contributed by atoms with van der Waals surface area (Å²) in [5, 5.41) is 3.21. The third-order valence-corrected chi connectivity index (χ3v) is 6.86. The van der Waals surface area contributed by atoms with Crippen LogP contribution in [-0.2, 0) is 5.75 Å². The number of benzene rings is 2. The van der Waals surface area contributed by atoms with Crippen LogP contribution in [0.5, 0.6) is 0 Å². The molecule has 156 valence electrons. The van der Waals surface area contributed by atoms with Crippen LogP contribution in [0.2, 0.25) is 0 Å². The molecule has 30 heavy (non-hydrogen) atoms. The summed E-state index contributed by atoms with van der Waals surface area (Å²) in [5.41, 5.74) is 2.52. The molecule has 0 unspecified atom stereocenters. The molecule has 0 spiro atoms. The van der Waals surface area contributed by atoms with E-state index in [2.05, 4.69) is 29.4 Å². The van der Waals surface area contributed by atoms with Gasteiger partial charge in [0.1, 0.15) is 5.76 Å². The van der Waals surface area contributed by atoms with Gasteiger partial charge in [-0.1, -0.05) is 38.0 Å².